The zero-order valence-electron chi connectivity index (χ0n) is 20.8. The van der Waals surface area contributed by atoms with Crippen LogP contribution in [0.4, 0.5) is 5.69 Å². The number of hydrogen-bond acceptors (Lipinski definition) is 5. The van der Waals surface area contributed by atoms with Crippen LogP contribution < -0.4 is 21.4 Å². The first kappa shape index (κ1) is 26.2. The Morgan fingerprint density at radius 3 is 2.54 bits per heavy atom. The quantitative estimate of drug-likeness (QED) is 0.147. The van der Waals surface area contributed by atoms with Crippen molar-refractivity contribution in [3.05, 3.63) is 77.9 Å². The van der Waals surface area contributed by atoms with Crippen LogP contribution in [0.1, 0.15) is 49.1 Å². The molecule has 194 valence electrons. The second-order valence-corrected chi connectivity index (χ2v) is 9.52. The van der Waals surface area contributed by atoms with E-state index in [1.807, 2.05) is 60.7 Å². The molecule has 0 spiro atoms. The van der Waals surface area contributed by atoms with Gasteiger partial charge in [-0.15, -0.1) is 0 Å². The summed E-state index contributed by atoms with van der Waals surface area (Å²) in [5.41, 5.74) is 4.75. The lowest BCUT2D eigenvalue weighted by Gasteiger charge is -2.22. The number of nitrogens with one attached hydrogen (secondary N) is 4. The van der Waals surface area contributed by atoms with E-state index in [1.54, 1.807) is 5.48 Å². The van der Waals surface area contributed by atoms with Gasteiger partial charge in [0.1, 0.15) is 6.04 Å². The van der Waals surface area contributed by atoms with Crippen LogP contribution in [0.15, 0.2) is 66.7 Å². The number of benzene rings is 3. The number of fused-ring (bicyclic) bond motifs is 2. The minimum atomic E-state index is -0.661. The van der Waals surface area contributed by atoms with Crippen LogP contribution in [-0.4, -0.2) is 42.1 Å². The molecule has 0 saturated heterocycles. The number of hydrogen-bond donors (Lipinski definition) is 5. The fraction of sp³-hybridized carbons (Fsp3) is 0.345. The van der Waals surface area contributed by atoms with E-state index in [9.17, 15) is 14.4 Å². The Morgan fingerprint density at radius 1 is 0.919 bits per heavy atom. The minimum absolute atomic E-state index is 0.116. The Balaban J connectivity index is 1.36. The number of unbranched alkanes of at least 4 members (excludes halogenated alkanes) is 2. The third-order valence-electron chi connectivity index (χ3n) is 6.79. The summed E-state index contributed by atoms with van der Waals surface area (Å²) in [7, 11) is 0. The molecule has 8 heteroatoms. The van der Waals surface area contributed by atoms with Gasteiger partial charge in [-0.1, -0.05) is 67.1 Å². The summed E-state index contributed by atoms with van der Waals surface area (Å²) in [5, 5.41) is 20.1. The Labute approximate surface area is 216 Å². The normalized spacial score (nSPS) is 14.9. The molecule has 1 heterocycles. The Hall–Kier alpha value is -3.91. The van der Waals surface area contributed by atoms with Crippen molar-refractivity contribution < 1.29 is 19.6 Å². The van der Waals surface area contributed by atoms with E-state index in [0.717, 1.165) is 40.6 Å². The van der Waals surface area contributed by atoms with Gasteiger partial charge in [-0.3, -0.25) is 19.6 Å². The average Bonchev–Trinajstić information content (AvgIpc) is 3.32. The van der Waals surface area contributed by atoms with E-state index in [4.69, 9.17) is 5.21 Å². The van der Waals surface area contributed by atoms with Gasteiger partial charge in [0.05, 0.1) is 6.42 Å². The van der Waals surface area contributed by atoms with Gasteiger partial charge in [-0.25, -0.2) is 5.48 Å². The van der Waals surface area contributed by atoms with Gasteiger partial charge in [0, 0.05) is 31.1 Å². The molecule has 0 aromatic heterocycles. The molecule has 8 nitrogen and oxygen atoms in total. The number of rotatable bonds is 12. The molecular formula is C29H34N4O4. The van der Waals surface area contributed by atoms with E-state index in [1.165, 1.54) is 0 Å². The number of hydroxylamine groups is 1. The highest BCUT2D eigenvalue weighted by Crippen LogP contribution is 2.34. The molecule has 37 heavy (non-hydrogen) atoms. The fourth-order valence-electron chi connectivity index (χ4n) is 4.84. The summed E-state index contributed by atoms with van der Waals surface area (Å²) in [6.45, 7) is 1.17. The fourth-order valence-corrected chi connectivity index (χ4v) is 4.84. The van der Waals surface area contributed by atoms with Crippen LogP contribution in [0.25, 0.3) is 10.8 Å². The molecule has 2 atom stereocenters. The van der Waals surface area contributed by atoms with Crippen LogP contribution in [0.3, 0.4) is 0 Å². The predicted molar refractivity (Wildman–Crippen MR) is 143 cm³/mol. The number of carbonyl (C=O) groups is 3. The van der Waals surface area contributed by atoms with E-state index < -0.39 is 11.9 Å². The molecule has 0 aliphatic carbocycles. The highest BCUT2D eigenvalue weighted by molar-refractivity contribution is 5.89. The van der Waals surface area contributed by atoms with E-state index >= 15 is 0 Å². The Bertz CT molecular complexity index is 1250. The SMILES string of the molecule is O=C(CCCCCNC(=O)[C@H](CC1CNc2ccccc21)NC(=O)Cc1ccc2ccccc2c1)NO. The topological polar surface area (TPSA) is 120 Å². The zero-order valence-corrected chi connectivity index (χ0v) is 20.8. The lowest BCUT2D eigenvalue weighted by atomic mass is 9.93. The Kier molecular flexibility index (Phi) is 9.10. The van der Waals surface area contributed by atoms with E-state index in [2.05, 4.69) is 22.0 Å². The molecule has 4 rings (SSSR count). The molecule has 0 radical (unpaired) electrons. The molecule has 1 aliphatic rings. The summed E-state index contributed by atoms with van der Waals surface area (Å²) in [6.07, 6.45) is 3.00. The van der Waals surface area contributed by atoms with Crippen molar-refractivity contribution in [1.82, 2.24) is 16.1 Å². The molecule has 3 aromatic rings. The molecule has 0 saturated carbocycles. The predicted octanol–water partition coefficient (Wildman–Crippen LogP) is 3.65. The van der Waals surface area contributed by atoms with Crippen LogP contribution in [-0.2, 0) is 20.8 Å². The van der Waals surface area contributed by atoms with Gasteiger partial charge in [0.2, 0.25) is 17.7 Å². The van der Waals surface area contributed by atoms with Gasteiger partial charge in [0.25, 0.3) is 0 Å². The van der Waals surface area contributed by atoms with E-state index in [-0.39, 0.29) is 30.6 Å². The maximum Gasteiger partial charge on any atom is 0.243 e. The lowest BCUT2D eigenvalue weighted by Crippen LogP contribution is -2.48. The molecule has 3 amide bonds. The molecule has 1 unspecified atom stereocenters. The van der Waals surface area contributed by atoms with Crippen molar-refractivity contribution in [2.45, 2.75) is 50.5 Å². The van der Waals surface area contributed by atoms with Crippen LogP contribution in [0.2, 0.25) is 0 Å². The number of anilines is 1. The highest BCUT2D eigenvalue weighted by atomic mass is 16.5. The van der Waals surface area contributed by atoms with Gasteiger partial charge in [-0.2, -0.15) is 0 Å². The van der Waals surface area contributed by atoms with Crippen LogP contribution in [0, 0.1) is 0 Å². The van der Waals surface area contributed by atoms with Crippen LogP contribution in [0.5, 0.6) is 0 Å². The first-order chi connectivity index (χ1) is 18.0. The molecule has 1 aliphatic heterocycles. The summed E-state index contributed by atoms with van der Waals surface area (Å²) in [6, 6.07) is 21.4. The maximum atomic E-state index is 13.1. The van der Waals surface area contributed by atoms with Gasteiger partial charge < -0.3 is 16.0 Å². The first-order valence-electron chi connectivity index (χ1n) is 12.8. The first-order valence-corrected chi connectivity index (χ1v) is 12.8. The van der Waals surface area contributed by atoms with Crippen molar-refractivity contribution >= 4 is 34.2 Å². The summed E-state index contributed by atoms with van der Waals surface area (Å²) in [4.78, 5) is 37.3. The second kappa shape index (κ2) is 12.9. The molecule has 0 fully saturated rings. The second-order valence-electron chi connectivity index (χ2n) is 9.52. The lowest BCUT2D eigenvalue weighted by molar-refractivity contribution is -0.129. The molecule has 0 bridgehead atoms. The van der Waals surface area contributed by atoms with Gasteiger partial charge >= 0.3 is 0 Å². The smallest absolute Gasteiger partial charge is 0.243 e. The summed E-state index contributed by atoms with van der Waals surface area (Å²) in [5.74, 6) is -0.692. The number of amides is 3. The zero-order chi connectivity index (χ0) is 26.0. The third-order valence-corrected chi connectivity index (χ3v) is 6.79. The summed E-state index contributed by atoms with van der Waals surface area (Å²) >= 11 is 0. The number of carbonyl (C=O) groups excluding carboxylic acids is 3. The highest BCUT2D eigenvalue weighted by Gasteiger charge is 2.29. The summed E-state index contributed by atoms with van der Waals surface area (Å²) < 4.78 is 0. The van der Waals surface area contributed by atoms with Crippen molar-refractivity contribution in [3.8, 4) is 0 Å². The monoisotopic (exact) mass is 502 g/mol. The molecule has 5 N–H and O–H groups in total. The van der Waals surface area contributed by atoms with Crippen molar-refractivity contribution in [2.24, 2.45) is 0 Å². The maximum absolute atomic E-state index is 13.1. The van der Waals surface area contributed by atoms with Crippen molar-refractivity contribution in [1.29, 1.82) is 0 Å². The van der Waals surface area contributed by atoms with Crippen LogP contribution >= 0.6 is 0 Å². The average molecular weight is 503 g/mol. The van der Waals surface area contributed by atoms with Gasteiger partial charge in [0.15, 0.2) is 0 Å². The van der Waals surface area contributed by atoms with E-state index in [0.29, 0.717) is 25.8 Å². The Morgan fingerprint density at radius 2 is 1.70 bits per heavy atom. The minimum Gasteiger partial charge on any atom is -0.384 e. The van der Waals surface area contributed by atoms with Gasteiger partial charge in [-0.05, 0) is 47.2 Å². The standard InChI is InChI=1S/C29H34N4O4/c34-27(33-37)12-2-1-7-15-30-29(36)26(18-23-19-31-25-11-6-5-10-24(23)25)32-28(35)17-20-13-14-21-8-3-4-9-22(21)16-20/h3-6,8-11,13-14,16,23,26,31,37H,1-2,7,12,15,17-19H2,(H,30,36)(H,32,35)(H,33,34)/t23?,26-/m0/s1. The van der Waals surface area contributed by atoms with Crippen molar-refractivity contribution in [3.63, 3.8) is 0 Å². The molecular weight excluding hydrogens is 468 g/mol. The largest absolute Gasteiger partial charge is 0.384 e. The number of para-hydroxylation sites is 1. The third kappa shape index (κ3) is 7.30. The molecule has 3 aromatic carbocycles. The van der Waals surface area contributed by atoms with Crippen molar-refractivity contribution in [2.75, 3.05) is 18.4 Å².